The molecule has 0 radical (unpaired) electrons. The summed E-state index contributed by atoms with van der Waals surface area (Å²) in [4.78, 5) is 12.0. The highest BCUT2D eigenvalue weighted by atomic mass is 16.5. The fraction of sp³-hybridized carbons (Fsp3) is 0.308. The summed E-state index contributed by atoms with van der Waals surface area (Å²) in [6.07, 6.45) is 4.51. The van der Waals surface area contributed by atoms with E-state index in [1.54, 1.807) is 31.4 Å². The van der Waals surface area contributed by atoms with Crippen LogP contribution in [-0.2, 0) is 0 Å². The van der Waals surface area contributed by atoms with Gasteiger partial charge >= 0.3 is 0 Å². The maximum absolute atomic E-state index is 12.0. The summed E-state index contributed by atoms with van der Waals surface area (Å²) in [6, 6.07) is 7.20. The molecule has 1 aliphatic carbocycles. The van der Waals surface area contributed by atoms with Crippen LogP contribution in [0, 0.1) is 5.92 Å². The monoisotopic (exact) mass is 217 g/mol. The second-order valence-corrected chi connectivity index (χ2v) is 3.98. The molecule has 3 nitrogen and oxygen atoms in total. The number of methoxy groups -OCH3 is 1. The number of ether oxygens (including phenoxy) is 1. The Morgan fingerprint density at radius 1 is 1.31 bits per heavy atom. The van der Waals surface area contributed by atoms with Crippen molar-refractivity contribution in [3.05, 3.63) is 42.0 Å². The lowest BCUT2D eigenvalue weighted by molar-refractivity contribution is 0.0943. The van der Waals surface area contributed by atoms with Crippen molar-refractivity contribution < 1.29 is 9.53 Å². The fourth-order valence-electron chi connectivity index (χ4n) is 1.89. The van der Waals surface area contributed by atoms with Crippen molar-refractivity contribution in [3.63, 3.8) is 0 Å². The Labute approximate surface area is 94.9 Å². The quantitative estimate of drug-likeness (QED) is 0.620. The highest BCUT2D eigenvalue weighted by Gasteiger charge is 2.23. The van der Waals surface area contributed by atoms with Crippen LogP contribution in [0.4, 0.5) is 0 Å². The molecular weight excluding hydrogens is 202 g/mol. The number of nitrogens with two attached hydrogens (primary N) is 1. The third-order valence-electron chi connectivity index (χ3n) is 2.83. The van der Waals surface area contributed by atoms with Crippen molar-refractivity contribution in [3.8, 4) is 5.75 Å². The van der Waals surface area contributed by atoms with Crippen LogP contribution in [0.1, 0.15) is 16.8 Å². The Kier molecular flexibility index (Phi) is 3.06. The molecule has 84 valence electrons. The van der Waals surface area contributed by atoms with Crippen molar-refractivity contribution in [1.29, 1.82) is 0 Å². The summed E-state index contributed by atoms with van der Waals surface area (Å²) >= 11 is 0. The van der Waals surface area contributed by atoms with E-state index in [1.165, 1.54) is 0 Å². The Bertz CT molecular complexity index is 408. The molecule has 0 aromatic heterocycles. The van der Waals surface area contributed by atoms with Crippen LogP contribution in [0.5, 0.6) is 5.75 Å². The molecule has 16 heavy (non-hydrogen) atoms. The van der Waals surface area contributed by atoms with Crippen molar-refractivity contribution in [2.75, 3.05) is 7.11 Å². The lowest BCUT2D eigenvalue weighted by atomic mass is 9.96. The van der Waals surface area contributed by atoms with Gasteiger partial charge in [0.05, 0.1) is 7.11 Å². The minimum atomic E-state index is -0.0663. The van der Waals surface area contributed by atoms with Crippen molar-refractivity contribution in [2.45, 2.75) is 12.5 Å². The molecule has 0 spiro atoms. The normalized spacial score (nSPS) is 23.4. The first-order chi connectivity index (χ1) is 7.70. The summed E-state index contributed by atoms with van der Waals surface area (Å²) in [5.74, 6) is 0.825. The number of carbonyl (C=O) groups excluding carboxylic acids is 1. The van der Waals surface area contributed by atoms with Gasteiger partial charge in [0.15, 0.2) is 5.78 Å². The maximum atomic E-state index is 12.0. The van der Waals surface area contributed by atoms with Crippen molar-refractivity contribution in [1.82, 2.24) is 0 Å². The van der Waals surface area contributed by atoms with E-state index >= 15 is 0 Å². The molecule has 2 N–H and O–H groups in total. The topological polar surface area (TPSA) is 52.3 Å². The Hall–Kier alpha value is -1.61. The summed E-state index contributed by atoms with van der Waals surface area (Å²) < 4.78 is 5.05. The average Bonchev–Trinajstić information content (AvgIpc) is 2.75. The van der Waals surface area contributed by atoms with E-state index in [9.17, 15) is 4.79 Å². The van der Waals surface area contributed by atoms with Gasteiger partial charge in [-0.2, -0.15) is 0 Å². The number of ketones is 1. The molecule has 0 heterocycles. The minimum Gasteiger partial charge on any atom is -0.497 e. The van der Waals surface area contributed by atoms with Gasteiger partial charge in [0, 0.05) is 17.5 Å². The Morgan fingerprint density at radius 3 is 2.50 bits per heavy atom. The van der Waals surface area contributed by atoms with E-state index in [0.717, 1.165) is 5.75 Å². The third kappa shape index (κ3) is 2.14. The zero-order valence-corrected chi connectivity index (χ0v) is 9.22. The molecule has 0 saturated heterocycles. The largest absolute Gasteiger partial charge is 0.497 e. The summed E-state index contributed by atoms with van der Waals surface area (Å²) in [5.41, 5.74) is 6.44. The van der Waals surface area contributed by atoms with Crippen LogP contribution < -0.4 is 10.5 Å². The molecule has 1 aromatic carbocycles. The highest BCUT2D eigenvalue weighted by Crippen LogP contribution is 2.22. The molecular formula is C13H15NO2. The second-order valence-electron chi connectivity index (χ2n) is 3.98. The maximum Gasteiger partial charge on any atom is 0.169 e. The van der Waals surface area contributed by atoms with E-state index in [0.29, 0.717) is 12.0 Å². The first-order valence-corrected chi connectivity index (χ1v) is 5.33. The van der Waals surface area contributed by atoms with Gasteiger partial charge in [-0.1, -0.05) is 12.2 Å². The highest BCUT2D eigenvalue weighted by molar-refractivity contribution is 5.99. The van der Waals surface area contributed by atoms with Gasteiger partial charge in [0.1, 0.15) is 5.75 Å². The smallest absolute Gasteiger partial charge is 0.169 e. The Morgan fingerprint density at radius 2 is 2.00 bits per heavy atom. The number of rotatable bonds is 3. The molecule has 2 unspecified atom stereocenters. The van der Waals surface area contributed by atoms with Crippen molar-refractivity contribution >= 4 is 5.78 Å². The van der Waals surface area contributed by atoms with E-state index in [2.05, 4.69) is 0 Å². The molecule has 2 rings (SSSR count). The van der Waals surface area contributed by atoms with Gasteiger partial charge in [-0.3, -0.25) is 4.79 Å². The van der Waals surface area contributed by atoms with Crippen molar-refractivity contribution in [2.24, 2.45) is 11.7 Å². The lowest BCUT2D eigenvalue weighted by Crippen LogP contribution is -2.19. The third-order valence-corrected chi connectivity index (χ3v) is 2.83. The second kappa shape index (κ2) is 4.49. The summed E-state index contributed by atoms with van der Waals surface area (Å²) in [6.45, 7) is 0. The van der Waals surface area contributed by atoms with Crippen LogP contribution in [0.25, 0.3) is 0 Å². The van der Waals surface area contributed by atoms with E-state index in [1.807, 2.05) is 12.2 Å². The van der Waals surface area contributed by atoms with Crippen LogP contribution in [-0.4, -0.2) is 18.9 Å². The van der Waals surface area contributed by atoms with E-state index in [-0.39, 0.29) is 17.7 Å². The zero-order chi connectivity index (χ0) is 11.5. The van der Waals surface area contributed by atoms with E-state index in [4.69, 9.17) is 10.5 Å². The number of benzene rings is 1. The number of hydrogen-bond donors (Lipinski definition) is 1. The minimum absolute atomic E-state index is 0.0206. The van der Waals surface area contributed by atoms with Crippen LogP contribution in [0.15, 0.2) is 36.4 Å². The molecule has 0 amide bonds. The fourth-order valence-corrected chi connectivity index (χ4v) is 1.89. The predicted octanol–water partition coefficient (Wildman–Crippen LogP) is 1.78. The molecule has 1 aliphatic rings. The summed E-state index contributed by atoms with van der Waals surface area (Å²) in [7, 11) is 1.61. The number of carbonyl (C=O) groups is 1. The molecule has 2 atom stereocenters. The molecule has 1 aromatic rings. The van der Waals surface area contributed by atoms with Gasteiger partial charge in [0.2, 0.25) is 0 Å². The molecule has 0 aliphatic heterocycles. The number of allylic oxidation sites excluding steroid dienone is 1. The SMILES string of the molecule is COc1ccc(C(=O)C2C=CC(N)C2)cc1. The number of Topliss-reactive ketones (excluding diaryl/α,β-unsaturated/α-hetero) is 1. The van der Waals surface area contributed by atoms with Crippen LogP contribution in [0.3, 0.4) is 0 Å². The molecule has 0 saturated carbocycles. The van der Waals surface area contributed by atoms with Crippen LogP contribution >= 0.6 is 0 Å². The first-order valence-electron chi connectivity index (χ1n) is 5.33. The number of hydrogen-bond acceptors (Lipinski definition) is 3. The van der Waals surface area contributed by atoms with E-state index < -0.39 is 0 Å². The Balaban J connectivity index is 2.12. The van der Waals surface area contributed by atoms with Gasteiger partial charge in [-0.25, -0.2) is 0 Å². The first kappa shape index (κ1) is 10.9. The lowest BCUT2D eigenvalue weighted by Gasteiger charge is -2.08. The predicted molar refractivity (Wildman–Crippen MR) is 62.5 cm³/mol. The molecule has 0 bridgehead atoms. The van der Waals surface area contributed by atoms with Gasteiger partial charge in [-0.15, -0.1) is 0 Å². The molecule has 3 heteroatoms. The van der Waals surface area contributed by atoms with Crippen LogP contribution in [0.2, 0.25) is 0 Å². The zero-order valence-electron chi connectivity index (χ0n) is 9.22. The molecule has 0 fully saturated rings. The average molecular weight is 217 g/mol. The standard InChI is InChI=1S/C13H15NO2/c1-16-12-6-3-9(4-7-12)13(15)10-2-5-11(14)8-10/h2-7,10-11H,8,14H2,1H3. The summed E-state index contributed by atoms with van der Waals surface area (Å²) in [5, 5.41) is 0. The van der Waals surface area contributed by atoms with Gasteiger partial charge in [0.25, 0.3) is 0 Å². The van der Waals surface area contributed by atoms with Gasteiger partial charge in [-0.05, 0) is 30.7 Å². The van der Waals surface area contributed by atoms with Gasteiger partial charge < -0.3 is 10.5 Å².